The van der Waals surface area contributed by atoms with Gasteiger partial charge in [0.1, 0.15) is 18.1 Å². The van der Waals surface area contributed by atoms with E-state index in [1.165, 1.54) is 13.0 Å². The van der Waals surface area contributed by atoms with Gasteiger partial charge < -0.3 is 19.8 Å². The van der Waals surface area contributed by atoms with Crippen LogP contribution in [0.2, 0.25) is 0 Å². The number of nitrogens with zero attached hydrogens (tertiary/aromatic N) is 3. The van der Waals surface area contributed by atoms with E-state index in [9.17, 15) is 9.30 Å². The van der Waals surface area contributed by atoms with E-state index in [4.69, 9.17) is 4.79 Å². The number of aldehydes is 1. The highest BCUT2D eigenvalue weighted by Crippen LogP contribution is 2.25. The van der Waals surface area contributed by atoms with E-state index in [1.54, 1.807) is 31.7 Å². The molecule has 0 saturated heterocycles. The lowest BCUT2D eigenvalue weighted by molar-refractivity contribution is -0.106. The van der Waals surface area contributed by atoms with Crippen LogP contribution in [0.5, 0.6) is 0 Å². The van der Waals surface area contributed by atoms with Crippen molar-refractivity contribution in [3.05, 3.63) is 59.8 Å². The predicted octanol–water partition coefficient (Wildman–Crippen LogP) is 3.11. The van der Waals surface area contributed by atoms with Gasteiger partial charge in [-0.05, 0) is 38.2 Å². The topological polar surface area (TPSA) is 87.9 Å². The number of hydrogen-bond donors (Lipinski definition) is 2. The Kier molecular flexibility index (Phi) is 7.57. The maximum atomic E-state index is 14.5. The molecule has 0 aliphatic rings. The lowest BCUT2D eigenvalue weighted by Gasteiger charge is -2.12. The summed E-state index contributed by atoms with van der Waals surface area (Å²) in [6, 6.07) is 8.29. The Morgan fingerprint density at radius 1 is 1.30 bits per heavy atom. The molecular weight excluding hydrogens is 349 g/mol. The van der Waals surface area contributed by atoms with Crippen LogP contribution in [0.15, 0.2) is 54.2 Å². The average Bonchev–Trinajstić information content (AvgIpc) is 3.13. The van der Waals surface area contributed by atoms with Crippen LogP contribution in [0.25, 0.3) is 16.6 Å². The van der Waals surface area contributed by atoms with Crippen molar-refractivity contribution >= 4 is 17.5 Å². The molecule has 8 heteroatoms. The maximum Gasteiger partial charge on any atom is 0.133 e. The number of halogens is 1. The van der Waals surface area contributed by atoms with Gasteiger partial charge >= 0.3 is 0 Å². The number of pyridine rings is 1. The Balaban J connectivity index is 0.000000817. The van der Waals surface area contributed by atoms with Gasteiger partial charge in [0, 0.05) is 36.1 Å². The van der Waals surface area contributed by atoms with Crippen molar-refractivity contribution in [3.63, 3.8) is 0 Å². The van der Waals surface area contributed by atoms with E-state index in [0.717, 1.165) is 17.4 Å². The third-order valence-electron chi connectivity index (χ3n) is 3.82. The molecule has 0 radical (unpaired) electrons. The number of hydrogen-bond acceptors (Lipinski definition) is 6. The summed E-state index contributed by atoms with van der Waals surface area (Å²) in [6.07, 6.45) is 6.02. The number of nitrogens with one attached hydrogen (secondary N) is 2. The summed E-state index contributed by atoms with van der Waals surface area (Å²) in [4.78, 5) is 23.6. The van der Waals surface area contributed by atoms with Crippen molar-refractivity contribution in [2.75, 3.05) is 25.5 Å². The minimum absolute atomic E-state index is 0.330. The fraction of sp³-hybridized carbons (Fsp3) is 0.263. The molecule has 0 aliphatic carbocycles. The molecule has 3 aromatic rings. The van der Waals surface area contributed by atoms with E-state index in [2.05, 4.69) is 20.8 Å². The van der Waals surface area contributed by atoms with E-state index in [-0.39, 0.29) is 5.82 Å². The molecule has 7 nitrogen and oxygen atoms in total. The molecule has 2 N–H and O–H groups in total. The molecule has 3 rings (SSSR count). The first-order chi connectivity index (χ1) is 13.1. The number of anilines is 1. The third-order valence-corrected chi connectivity index (χ3v) is 3.82. The zero-order valence-electron chi connectivity index (χ0n) is 15.2. The summed E-state index contributed by atoms with van der Waals surface area (Å²) < 4.78 is 16.3. The van der Waals surface area contributed by atoms with Crippen LogP contribution < -0.4 is 10.6 Å². The highest BCUT2D eigenvalue weighted by molar-refractivity contribution is 5.68. The number of carbonyl (C=O) groups is 1. The average molecular weight is 371 g/mol. The number of likely N-dealkylation sites (N-methyl/N-ethyl adjacent to an activating group) is 1. The number of carbonyl (C=O) groups excluding carboxylic acids is 1. The van der Waals surface area contributed by atoms with Gasteiger partial charge in [0.25, 0.3) is 0 Å². The number of rotatable bonds is 7. The van der Waals surface area contributed by atoms with Gasteiger partial charge in [-0.25, -0.2) is 9.37 Å². The van der Waals surface area contributed by atoms with Crippen LogP contribution in [0.1, 0.15) is 6.92 Å². The normalized spacial score (nSPS) is 11.4. The van der Waals surface area contributed by atoms with Crippen LogP contribution in [0.3, 0.4) is 0 Å². The van der Waals surface area contributed by atoms with Gasteiger partial charge in [0.05, 0.1) is 18.0 Å². The van der Waals surface area contributed by atoms with E-state index < -0.39 is 6.04 Å². The molecule has 2 aromatic heterocycles. The minimum atomic E-state index is -0.401. The van der Waals surface area contributed by atoms with E-state index in [0.29, 0.717) is 24.3 Å². The number of fused-ring (bicyclic) bond motifs is 1. The smallest absolute Gasteiger partial charge is 0.133 e. The zero-order valence-corrected chi connectivity index (χ0v) is 15.2. The molecule has 0 spiro atoms. The maximum absolute atomic E-state index is 14.5. The fourth-order valence-electron chi connectivity index (χ4n) is 2.56. The van der Waals surface area contributed by atoms with Crippen molar-refractivity contribution in [1.82, 2.24) is 14.7 Å². The van der Waals surface area contributed by atoms with Crippen LogP contribution in [0, 0.1) is 10.7 Å². The Hall–Kier alpha value is -3.13. The van der Waals surface area contributed by atoms with Crippen LogP contribution >= 0.6 is 0 Å². The summed E-state index contributed by atoms with van der Waals surface area (Å²) in [5.41, 5.74) is 2.85. The second-order valence-electron chi connectivity index (χ2n) is 5.77. The monoisotopic (exact) mass is 371 g/mol. The molecule has 0 amide bonds. The Bertz CT molecular complexity index is 897. The highest BCUT2D eigenvalue weighted by atomic mass is 19.1. The molecule has 27 heavy (non-hydrogen) atoms. The predicted molar refractivity (Wildman–Crippen MR) is 104 cm³/mol. The largest absolute Gasteiger partial charge is 0.383 e. The van der Waals surface area contributed by atoms with Gasteiger partial charge in [-0.2, -0.15) is 4.91 Å². The molecule has 0 saturated carbocycles. The molecule has 2 heterocycles. The van der Waals surface area contributed by atoms with E-state index >= 15 is 0 Å². The standard InChI is InChI=1S/C17H18FN5O.C2H4O/c1-19-7-14(22-24)8-21-13-3-5-16(17(18)6-13)12-2-4-15-9-20-11-23(15)10-12;1-2-3/h2-6,9-11,14,19,21H,7-8H2,1H3;2H,1H3. The summed E-state index contributed by atoms with van der Waals surface area (Å²) in [5, 5.41) is 8.96. The third kappa shape index (κ3) is 5.42. The first-order valence-electron chi connectivity index (χ1n) is 8.45. The van der Waals surface area contributed by atoms with Crippen molar-refractivity contribution in [2.45, 2.75) is 13.0 Å². The molecule has 142 valence electrons. The van der Waals surface area contributed by atoms with Gasteiger partial charge in [-0.15, -0.1) is 0 Å². The number of nitroso groups, excluding NO2 is 1. The summed E-state index contributed by atoms with van der Waals surface area (Å²) >= 11 is 0. The van der Waals surface area contributed by atoms with Gasteiger partial charge in [-0.1, -0.05) is 11.2 Å². The Labute approximate surface area is 156 Å². The minimum Gasteiger partial charge on any atom is -0.383 e. The van der Waals surface area contributed by atoms with Gasteiger partial charge in [0.15, 0.2) is 0 Å². The molecule has 1 atom stereocenters. The quantitative estimate of drug-likeness (QED) is 0.492. The van der Waals surface area contributed by atoms with Gasteiger partial charge in [-0.3, -0.25) is 0 Å². The molecule has 0 bridgehead atoms. The summed E-state index contributed by atoms with van der Waals surface area (Å²) in [5.74, 6) is -0.330. The van der Waals surface area contributed by atoms with Crippen molar-refractivity contribution in [1.29, 1.82) is 0 Å². The Morgan fingerprint density at radius 3 is 2.74 bits per heavy atom. The molecule has 1 aromatic carbocycles. The van der Waals surface area contributed by atoms with E-state index in [1.807, 2.05) is 22.7 Å². The Morgan fingerprint density at radius 2 is 2.07 bits per heavy atom. The number of imidazole rings is 1. The number of aromatic nitrogens is 2. The van der Waals surface area contributed by atoms with Crippen molar-refractivity contribution in [3.8, 4) is 11.1 Å². The number of benzene rings is 1. The second-order valence-corrected chi connectivity index (χ2v) is 5.77. The lowest BCUT2D eigenvalue weighted by Crippen LogP contribution is -2.28. The molecule has 0 aliphatic heterocycles. The summed E-state index contributed by atoms with van der Waals surface area (Å²) in [7, 11) is 1.75. The van der Waals surface area contributed by atoms with Crippen molar-refractivity contribution in [2.24, 2.45) is 5.18 Å². The highest BCUT2D eigenvalue weighted by Gasteiger charge is 2.10. The zero-order chi connectivity index (χ0) is 19.6. The molecule has 1 unspecified atom stereocenters. The van der Waals surface area contributed by atoms with Crippen LogP contribution in [-0.2, 0) is 4.79 Å². The van der Waals surface area contributed by atoms with Gasteiger partial charge in [0.2, 0.25) is 0 Å². The second kappa shape index (κ2) is 10.1. The molecular formula is C19H22FN5O2. The van der Waals surface area contributed by atoms with Crippen LogP contribution in [-0.4, -0.2) is 41.8 Å². The fourth-order valence-corrected chi connectivity index (χ4v) is 2.56. The first kappa shape index (κ1) is 20.2. The summed E-state index contributed by atoms with van der Waals surface area (Å²) in [6.45, 7) is 2.27. The van der Waals surface area contributed by atoms with Crippen LogP contribution in [0.4, 0.5) is 10.1 Å². The lowest BCUT2D eigenvalue weighted by atomic mass is 10.1. The SMILES string of the molecule is CC=O.CNCC(CNc1ccc(-c2ccc3cncn3c2)c(F)c1)N=O. The first-order valence-corrected chi connectivity index (χ1v) is 8.45. The molecule has 0 fully saturated rings. The van der Waals surface area contributed by atoms with Crippen molar-refractivity contribution < 1.29 is 9.18 Å².